The van der Waals surface area contributed by atoms with E-state index in [9.17, 15) is 9.90 Å². The zero-order chi connectivity index (χ0) is 18.1. The highest BCUT2D eigenvalue weighted by Crippen LogP contribution is 2.19. The summed E-state index contributed by atoms with van der Waals surface area (Å²) in [5.74, 6) is 0.391. The SMILES string of the molecule is COC(=O)[C@@H]1C[C@@H](O)C[NH+]1Cn1nc(-c2ccc(Cl)cc2)n(C)c1=S. The Kier molecular flexibility index (Phi) is 5.24. The van der Waals surface area contributed by atoms with E-state index in [0.29, 0.717) is 29.4 Å². The first-order chi connectivity index (χ1) is 11.9. The van der Waals surface area contributed by atoms with Crippen molar-refractivity contribution in [1.29, 1.82) is 0 Å². The average molecular weight is 384 g/mol. The highest BCUT2D eigenvalue weighted by molar-refractivity contribution is 7.71. The lowest BCUT2D eigenvalue weighted by molar-refractivity contribution is -0.928. The van der Waals surface area contributed by atoms with Gasteiger partial charge in [0, 0.05) is 24.1 Å². The van der Waals surface area contributed by atoms with Crippen molar-refractivity contribution in [3.05, 3.63) is 34.1 Å². The van der Waals surface area contributed by atoms with Crippen LogP contribution in [-0.2, 0) is 23.2 Å². The van der Waals surface area contributed by atoms with Crippen LogP contribution in [0.25, 0.3) is 11.4 Å². The number of rotatable bonds is 4. The molecule has 25 heavy (non-hydrogen) atoms. The van der Waals surface area contributed by atoms with Crippen LogP contribution in [0.3, 0.4) is 0 Å². The molecule has 0 radical (unpaired) electrons. The lowest BCUT2D eigenvalue weighted by atomic mass is 10.2. The number of carbonyl (C=O) groups excluding carboxylic acids is 1. The Morgan fingerprint density at radius 1 is 1.48 bits per heavy atom. The Labute approximate surface area is 155 Å². The van der Waals surface area contributed by atoms with Crippen molar-refractivity contribution in [3.8, 4) is 11.4 Å². The third-order valence-electron chi connectivity index (χ3n) is 4.48. The van der Waals surface area contributed by atoms with E-state index in [1.54, 1.807) is 16.8 Å². The highest BCUT2D eigenvalue weighted by Gasteiger charge is 2.41. The summed E-state index contributed by atoms with van der Waals surface area (Å²) in [6.07, 6.45) is -0.153. The Morgan fingerprint density at radius 3 is 2.80 bits per heavy atom. The van der Waals surface area contributed by atoms with Crippen LogP contribution in [-0.4, -0.2) is 51.2 Å². The van der Waals surface area contributed by atoms with Crippen LogP contribution in [0.4, 0.5) is 0 Å². The Morgan fingerprint density at radius 2 is 2.16 bits per heavy atom. The second-order valence-corrected chi connectivity index (χ2v) is 6.96. The van der Waals surface area contributed by atoms with Gasteiger partial charge in [0.05, 0.1) is 7.11 Å². The second kappa shape index (κ2) is 7.25. The number of ether oxygens (including phenoxy) is 1. The summed E-state index contributed by atoms with van der Waals surface area (Å²) in [6.45, 7) is 0.839. The van der Waals surface area contributed by atoms with Crippen molar-refractivity contribution in [3.63, 3.8) is 0 Å². The summed E-state index contributed by atoms with van der Waals surface area (Å²) in [6, 6.07) is 6.95. The lowest BCUT2D eigenvalue weighted by Crippen LogP contribution is -3.14. The van der Waals surface area contributed by atoms with Gasteiger partial charge in [-0.3, -0.25) is 0 Å². The van der Waals surface area contributed by atoms with Gasteiger partial charge in [0.1, 0.15) is 12.6 Å². The van der Waals surface area contributed by atoms with E-state index in [1.165, 1.54) is 7.11 Å². The maximum Gasteiger partial charge on any atom is 0.364 e. The van der Waals surface area contributed by atoms with E-state index >= 15 is 0 Å². The number of carbonyl (C=O) groups is 1. The largest absolute Gasteiger partial charge is 0.465 e. The Bertz CT molecular complexity index is 833. The maximum absolute atomic E-state index is 11.9. The summed E-state index contributed by atoms with van der Waals surface area (Å²) >= 11 is 11.4. The molecule has 1 aliphatic rings. The molecule has 0 saturated carbocycles. The Balaban J connectivity index is 1.88. The quantitative estimate of drug-likeness (QED) is 0.591. The van der Waals surface area contributed by atoms with Crippen LogP contribution in [0, 0.1) is 4.77 Å². The molecule has 1 aromatic heterocycles. The molecule has 1 aliphatic heterocycles. The predicted molar refractivity (Wildman–Crippen MR) is 94.7 cm³/mol. The van der Waals surface area contributed by atoms with Crippen LogP contribution in [0.5, 0.6) is 0 Å². The van der Waals surface area contributed by atoms with Gasteiger partial charge in [0.2, 0.25) is 4.77 Å². The van der Waals surface area contributed by atoms with Crippen molar-refractivity contribution >= 4 is 29.8 Å². The van der Waals surface area contributed by atoms with Gasteiger partial charge >= 0.3 is 5.97 Å². The van der Waals surface area contributed by atoms with Crippen molar-refractivity contribution in [1.82, 2.24) is 14.3 Å². The molecule has 3 rings (SSSR count). The molecule has 0 bridgehead atoms. The molecule has 0 aliphatic carbocycles. The van der Waals surface area contributed by atoms with Crippen molar-refractivity contribution in [2.45, 2.75) is 25.2 Å². The van der Waals surface area contributed by atoms with Crippen LogP contribution >= 0.6 is 23.8 Å². The van der Waals surface area contributed by atoms with Crippen LogP contribution in [0.15, 0.2) is 24.3 Å². The van der Waals surface area contributed by atoms with Crippen molar-refractivity contribution in [2.24, 2.45) is 7.05 Å². The molecule has 7 nitrogen and oxygen atoms in total. The van der Waals surface area contributed by atoms with Gasteiger partial charge < -0.3 is 19.3 Å². The summed E-state index contributed by atoms with van der Waals surface area (Å²) < 4.78 is 8.89. The first kappa shape index (κ1) is 18.1. The number of aliphatic hydroxyl groups is 1. The summed E-state index contributed by atoms with van der Waals surface area (Å²) in [7, 11) is 3.21. The number of likely N-dealkylation sites (tertiary alicyclic amines) is 1. The number of benzene rings is 1. The third-order valence-corrected chi connectivity index (χ3v) is 5.22. The second-order valence-electron chi connectivity index (χ2n) is 6.16. The van der Waals surface area contributed by atoms with Gasteiger partial charge in [-0.25, -0.2) is 4.79 Å². The van der Waals surface area contributed by atoms with Gasteiger partial charge in [-0.05, 0) is 36.5 Å². The molecule has 1 fully saturated rings. The smallest absolute Gasteiger partial charge is 0.364 e. The minimum Gasteiger partial charge on any atom is -0.465 e. The van der Waals surface area contributed by atoms with Gasteiger partial charge in [0.15, 0.2) is 18.5 Å². The number of aliphatic hydroxyl groups excluding tert-OH is 1. The number of nitrogens with one attached hydrogen (secondary N) is 1. The fraction of sp³-hybridized carbons (Fsp3) is 0.438. The standard InChI is InChI=1S/C16H19ClN4O3S/c1-19-14(10-3-5-11(17)6-4-10)18-21(16(19)25)9-20-8-12(22)7-13(20)15(23)24-2/h3-6,12-13,22H,7-9H2,1-2H3/p+1/t12-,13+/m1/s1. The van der Waals surface area contributed by atoms with Crippen molar-refractivity contribution < 1.29 is 19.5 Å². The number of halogens is 1. The van der Waals surface area contributed by atoms with Gasteiger partial charge in [-0.2, -0.15) is 4.68 Å². The number of hydrogen-bond acceptors (Lipinski definition) is 5. The normalized spacial score (nSPS) is 23.0. The van der Waals surface area contributed by atoms with Gasteiger partial charge in [-0.15, -0.1) is 5.10 Å². The zero-order valence-electron chi connectivity index (χ0n) is 14.0. The fourth-order valence-corrected chi connectivity index (χ4v) is 3.50. The molecule has 1 unspecified atom stereocenters. The molecule has 0 spiro atoms. The van der Waals surface area contributed by atoms with E-state index in [0.717, 1.165) is 16.3 Å². The number of esters is 1. The number of hydrogen-bond donors (Lipinski definition) is 2. The van der Waals surface area contributed by atoms with E-state index in [1.807, 2.05) is 23.7 Å². The molecular weight excluding hydrogens is 364 g/mol. The van der Waals surface area contributed by atoms with E-state index in [4.69, 9.17) is 28.6 Å². The molecule has 1 aromatic carbocycles. The first-order valence-corrected chi connectivity index (χ1v) is 8.69. The highest BCUT2D eigenvalue weighted by atomic mass is 35.5. The number of nitrogens with zero attached hydrogens (tertiary/aromatic N) is 3. The minimum atomic E-state index is -0.535. The molecular formula is C16H20ClN4O3S+. The average Bonchev–Trinajstić information content (AvgIpc) is 3.10. The van der Waals surface area contributed by atoms with E-state index in [-0.39, 0.29) is 5.97 Å². The van der Waals surface area contributed by atoms with Crippen LogP contribution in [0.1, 0.15) is 6.42 Å². The first-order valence-electron chi connectivity index (χ1n) is 7.91. The zero-order valence-corrected chi connectivity index (χ0v) is 15.5. The molecule has 2 N–H and O–H groups in total. The van der Waals surface area contributed by atoms with Gasteiger partial charge in [0.25, 0.3) is 0 Å². The lowest BCUT2D eigenvalue weighted by Gasteiger charge is -2.18. The predicted octanol–water partition coefficient (Wildman–Crippen LogP) is 0.420. The van der Waals surface area contributed by atoms with Crippen LogP contribution in [0.2, 0.25) is 5.02 Å². The molecule has 2 heterocycles. The summed E-state index contributed by atoms with van der Waals surface area (Å²) in [5, 5.41) is 15.2. The molecule has 0 amide bonds. The van der Waals surface area contributed by atoms with Crippen molar-refractivity contribution in [2.75, 3.05) is 13.7 Å². The molecule has 134 valence electrons. The maximum atomic E-state index is 11.9. The van der Waals surface area contributed by atoms with Gasteiger partial charge in [-0.1, -0.05) is 11.6 Å². The fourth-order valence-electron chi connectivity index (χ4n) is 3.18. The number of quaternary nitrogens is 1. The number of methoxy groups -OCH3 is 1. The molecule has 3 atom stereocenters. The van der Waals surface area contributed by atoms with E-state index in [2.05, 4.69) is 5.10 Å². The summed E-state index contributed by atoms with van der Waals surface area (Å²) in [4.78, 5) is 12.8. The summed E-state index contributed by atoms with van der Waals surface area (Å²) in [5.41, 5.74) is 0.901. The third kappa shape index (κ3) is 3.62. The monoisotopic (exact) mass is 383 g/mol. The minimum absolute atomic E-state index is 0.327. The Hall–Kier alpha value is -1.74. The van der Waals surface area contributed by atoms with Crippen LogP contribution < -0.4 is 4.90 Å². The molecule has 2 aromatic rings. The molecule has 1 saturated heterocycles. The van der Waals surface area contributed by atoms with E-state index < -0.39 is 12.1 Å². The molecule has 9 heteroatoms. The topological polar surface area (TPSA) is 73.7 Å². The number of aromatic nitrogens is 3.